The van der Waals surface area contributed by atoms with Gasteiger partial charge in [0.05, 0.1) is 12.6 Å². The summed E-state index contributed by atoms with van der Waals surface area (Å²) in [5.74, 6) is 0.306. The number of nitrogens with zero attached hydrogens (tertiary/aromatic N) is 1. The van der Waals surface area contributed by atoms with Crippen LogP contribution < -0.4 is 4.74 Å². The molecular weight excluding hydrogens is 379 g/mol. The van der Waals surface area contributed by atoms with Crippen molar-refractivity contribution in [2.75, 3.05) is 6.61 Å². The lowest BCUT2D eigenvalue weighted by atomic mass is 9.87. The summed E-state index contributed by atoms with van der Waals surface area (Å²) in [6.07, 6.45) is 1.63. The number of aromatic nitrogens is 1. The Bertz CT molecular complexity index is 1050. The quantitative estimate of drug-likeness (QED) is 0.600. The highest BCUT2D eigenvalue weighted by Crippen LogP contribution is 2.42. The topological polar surface area (TPSA) is 45.3 Å². The van der Waals surface area contributed by atoms with Gasteiger partial charge >= 0.3 is 0 Å². The molecule has 1 N–H and O–H groups in total. The summed E-state index contributed by atoms with van der Waals surface area (Å²) in [4.78, 5) is 18.4. The summed E-state index contributed by atoms with van der Waals surface area (Å²) in [5.41, 5.74) is 2.21. The predicted molar refractivity (Wildman–Crippen MR) is 118 cm³/mol. The first kappa shape index (κ1) is 20.5. The van der Waals surface area contributed by atoms with E-state index in [-0.39, 0.29) is 12.1 Å². The van der Waals surface area contributed by atoms with Crippen LogP contribution >= 0.6 is 0 Å². The number of benzene rings is 2. The van der Waals surface area contributed by atoms with Gasteiger partial charge in [0.2, 0.25) is 0 Å². The number of rotatable bonds is 5. The third-order valence-electron chi connectivity index (χ3n) is 5.78. The second-order valence-corrected chi connectivity index (χ2v) is 8.62. The van der Waals surface area contributed by atoms with Gasteiger partial charge in [0.1, 0.15) is 5.75 Å². The third kappa shape index (κ3) is 3.57. The zero-order chi connectivity index (χ0) is 21.5. The molecule has 2 atom stereocenters. The monoisotopic (exact) mass is 408 g/mol. The number of carbonyl (C=O) groups excluding carboxylic acids is 1. The Hall–Kier alpha value is -2.82. The molecule has 3 aromatic rings. The van der Waals surface area contributed by atoms with E-state index in [2.05, 4.69) is 18.0 Å². The van der Waals surface area contributed by atoms with Crippen LogP contribution in [0.3, 0.4) is 0 Å². The van der Waals surface area contributed by atoms with Crippen molar-refractivity contribution in [3.8, 4) is 5.75 Å². The van der Waals surface area contributed by atoms with Crippen LogP contribution in [0, 0.1) is 0 Å². The minimum atomic E-state index is -1.94. The number of aromatic amines is 1. The van der Waals surface area contributed by atoms with Gasteiger partial charge in [-0.25, -0.2) is 4.39 Å². The number of H-pyrrole nitrogens is 1. The van der Waals surface area contributed by atoms with Gasteiger partial charge in [0.25, 0.3) is 5.91 Å². The molecule has 2 aromatic carbocycles. The largest absolute Gasteiger partial charge is 0.494 e. The van der Waals surface area contributed by atoms with Gasteiger partial charge in [0, 0.05) is 22.6 Å². The van der Waals surface area contributed by atoms with E-state index in [9.17, 15) is 9.18 Å². The van der Waals surface area contributed by atoms with Crippen molar-refractivity contribution >= 4 is 16.8 Å². The highest BCUT2D eigenvalue weighted by Gasteiger charge is 2.43. The normalized spacial score (nSPS) is 19.0. The predicted octanol–water partition coefficient (Wildman–Crippen LogP) is 5.57. The molecule has 1 aromatic heterocycles. The lowest BCUT2D eigenvalue weighted by Crippen LogP contribution is -2.52. The van der Waals surface area contributed by atoms with Gasteiger partial charge in [-0.05, 0) is 62.9 Å². The fourth-order valence-corrected chi connectivity index (χ4v) is 4.38. The minimum Gasteiger partial charge on any atom is -0.494 e. The molecule has 0 unspecified atom stereocenters. The number of alkyl halides is 1. The number of nitrogens with one attached hydrogen (secondary N) is 1. The summed E-state index contributed by atoms with van der Waals surface area (Å²) in [6, 6.07) is 15.5. The van der Waals surface area contributed by atoms with E-state index in [1.807, 2.05) is 49.4 Å². The third-order valence-corrected chi connectivity index (χ3v) is 5.78. The standard InChI is InChI=1S/C25H29FN2O2/c1-5-14-30-18-12-10-17(11-13-18)23-22-20(19-8-6-7-9-21(19)27-22)15-16(2)28(23)24(29)25(3,4)26/h6-13,16,23,27H,5,14-15H2,1-4H3/t16-,23+/m1/s1. The van der Waals surface area contributed by atoms with Gasteiger partial charge in [-0.2, -0.15) is 0 Å². The number of halogens is 1. The smallest absolute Gasteiger partial charge is 0.260 e. The van der Waals surface area contributed by atoms with Gasteiger partial charge in [-0.15, -0.1) is 0 Å². The lowest BCUT2D eigenvalue weighted by Gasteiger charge is -2.42. The number of para-hydroxylation sites is 1. The Morgan fingerprint density at radius 2 is 1.90 bits per heavy atom. The Kier molecular flexibility index (Phi) is 5.31. The van der Waals surface area contributed by atoms with Crippen molar-refractivity contribution in [3.63, 3.8) is 0 Å². The first-order chi connectivity index (χ1) is 14.3. The molecule has 0 bridgehead atoms. The van der Waals surface area contributed by atoms with E-state index in [1.165, 1.54) is 24.8 Å². The van der Waals surface area contributed by atoms with Crippen LogP contribution in [0.1, 0.15) is 57.0 Å². The zero-order valence-electron chi connectivity index (χ0n) is 18.0. The highest BCUT2D eigenvalue weighted by molar-refractivity contribution is 5.89. The summed E-state index contributed by atoms with van der Waals surface area (Å²) in [7, 11) is 0. The van der Waals surface area contributed by atoms with Crippen molar-refractivity contribution in [1.29, 1.82) is 0 Å². The summed E-state index contributed by atoms with van der Waals surface area (Å²) >= 11 is 0. The number of hydrogen-bond donors (Lipinski definition) is 1. The Morgan fingerprint density at radius 3 is 2.57 bits per heavy atom. The maximum atomic E-state index is 14.8. The molecule has 0 fully saturated rings. The molecule has 2 heterocycles. The molecule has 30 heavy (non-hydrogen) atoms. The van der Waals surface area contributed by atoms with Crippen LogP contribution in [-0.4, -0.2) is 34.1 Å². The maximum Gasteiger partial charge on any atom is 0.260 e. The summed E-state index contributed by atoms with van der Waals surface area (Å²) < 4.78 is 20.5. The summed E-state index contributed by atoms with van der Waals surface area (Å²) in [5, 5.41) is 1.17. The lowest BCUT2D eigenvalue weighted by molar-refractivity contribution is -0.146. The average Bonchev–Trinajstić information content (AvgIpc) is 3.08. The Morgan fingerprint density at radius 1 is 1.20 bits per heavy atom. The Labute approximate surface area is 177 Å². The number of hydrogen-bond acceptors (Lipinski definition) is 2. The Balaban J connectivity index is 1.84. The van der Waals surface area contributed by atoms with Crippen LogP contribution in [0.15, 0.2) is 48.5 Å². The van der Waals surface area contributed by atoms with E-state index < -0.39 is 11.6 Å². The molecule has 0 aliphatic carbocycles. The molecule has 0 saturated carbocycles. The van der Waals surface area contributed by atoms with Crippen LogP contribution in [0.25, 0.3) is 10.9 Å². The molecule has 1 amide bonds. The van der Waals surface area contributed by atoms with Crippen LogP contribution in [0.5, 0.6) is 5.75 Å². The second kappa shape index (κ2) is 7.78. The van der Waals surface area contributed by atoms with E-state index in [1.54, 1.807) is 4.90 Å². The van der Waals surface area contributed by atoms with Crippen LogP contribution in [-0.2, 0) is 11.2 Å². The van der Waals surface area contributed by atoms with Gasteiger partial charge < -0.3 is 14.6 Å². The zero-order valence-corrected chi connectivity index (χ0v) is 18.0. The summed E-state index contributed by atoms with van der Waals surface area (Å²) in [6.45, 7) is 7.40. The molecule has 1 aliphatic rings. The van der Waals surface area contributed by atoms with Crippen molar-refractivity contribution in [3.05, 3.63) is 65.4 Å². The molecular formula is C25H29FN2O2. The SMILES string of the molecule is CCCOc1ccc([C@H]2c3[nH]c4ccccc4c3C[C@@H](C)N2C(=O)C(C)(C)F)cc1. The van der Waals surface area contributed by atoms with Gasteiger partial charge in [0.15, 0.2) is 5.67 Å². The van der Waals surface area contributed by atoms with Gasteiger partial charge in [-0.1, -0.05) is 37.3 Å². The molecule has 0 spiro atoms. The van der Waals surface area contributed by atoms with E-state index in [4.69, 9.17) is 4.74 Å². The van der Waals surface area contributed by atoms with Crippen molar-refractivity contribution in [1.82, 2.24) is 9.88 Å². The molecule has 5 heteroatoms. The van der Waals surface area contributed by atoms with Gasteiger partial charge in [-0.3, -0.25) is 4.79 Å². The van der Waals surface area contributed by atoms with Crippen molar-refractivity contribution in [2.45, 2.75) is 58.3 Å². The molecule has 0 saturated heterocycles. The molecule has 4 nitrogen and oxygen atoms in total. The number of carbonyl (C=O) groups is 1. The maximum absolute atomic E-state index is 14.8. The number of fused-ring (bicyclic) bond motifs is 3. The first-order valence-corrected chi connectivity index (χ1v) is 10.6. The first-order valence-electron chi connectivity index (χ1n) is 10.6. The van der Waals surface area contributed by atoms with Crippen molar-refractivity contribution in [2.24, 2.45) is 0 Å². The van der Waals surface area contributed by atoms with Crippen molar-refractivity contribution < 1.29 is 13.9 Å². The van der Waals surface area contributed by atoms with Crippen LogP contribution in [0.2, 0.25) is 0 Å². The van der Waals surface area contributed by atoms with E-state index in [0.717, 1.165) is 28.9 Å². The highest BCUT2D eigenvalue weighted by atomic mass is 19.1. The molecule has 1 aliphatic heterocycles. The molecule has 0 radical (unpaired) electrons. The molecule has 158 valence electrons. The number of amides is 1. The molecule has 4 rings (SSSR count). The fraction of sp³-hybridized carbons (Fsp3) is 0.400. The number of ether oxygens (including phenoxy) is 1. The van der Waals surface area contributed by atoms with E-state index >= 15 is 0 Å². The van der Waals surface area contributed by atoms with Crippen LogP contribution in [0.4, 0.5) is 4.39 Å². The van der Waals surface area contributed by atoms with E-state index in [0.29, 0.717) is 13.0 Å². The second-order valence-electron chi connectivity index (χ2n) is 8.62. The fourth-order valence-electron chi connectivity index (χ4n) is 4.38. The average molecular weight is 409 g/mol. The minimum absolute atomic E-state index is 0.125.